The first-order chi connectivity index (χ1) is 14.1. The number of ether oxygens (including phenoxy) is 1. The third-order valence-corrected chi connectivity index (χ3v) is 9.94. The van der Waals surface area contributed by atoms with Gasteiger partial charge in [0.05, 0.1) is 7.11 Å². The average Bonchev–Trinajstić information content (AvgIpc) is 3.06. The molecule has 0 N–H and O–H groups in total. The van der Waals surface area contributed by atoms with Crippen LogP contribution in [0.25, 0.3) is 0 Å². The summed E-state index contributed by atoms with van der Waals surface area (Å²) in [4.78, 5) is 50.7. The number of carbonyl (C=O) groups is 4. The minimum atomic E-state index is -0.472. The zero-order valence-electron chi connectivity index (χ0n) is 18.9. The molecule has 4 aliphatic rings. The van der Waals surface area contributed by atoms with Crippen molar-refractivity contribution in [3.8, 4) is 0 Å². The first-order valence-electron chi connectivity index (χ1n) is 11.8. The molecule has 0 spiro atoms. The van der Waals surface area contributed by atoms with E-state index in [0.29, 0.717) is 43.7 Å². The van der Waals surface area contributed by atoms with Crippen LogP contribution in [0, 0.1) is 46.3 Å². The van der Waals surface area contributed by atoms with Crippen molar-refractivity contribution in [1.29, 1.82) is 0 Å². The van der Waals surface area contributed by atoms with Gasteiger partial charge in [0.25, 0.3) is 0 Å². The van der Waals surface area contributed by atoms with Crippen molar-refractivity contribution >= 4 is 23.3 Å². The van der Waals surface area contributed by atoms with Gasteiger partial charge >= 0.3 is 5.97 Å². The van der Waals surface area contributed by atoms with Crippen LogP contribution in [0.2, 0.25) is 0 Å². The van der Waals surface area contributed by atoms with Crippen LogP contribution in [-0.4, -0.2) is 30.4 Å². The topological polar surface area (TPSA) is 77.5 Å². The summed E-state index contributed by atoms with van der Waals surface area (Å²) in [6.45, 7) is 6.50. The third-order valence-electron chi connectivity index (χ3n) is 9.94. The summed E-state index contributed by atoms with van der Waals surface area (Å²) in [5.41, 5.74) is -0.544. The number of esters is 1. The Kier molecular flexibility index (Phi) is 5.47. The number of ketones is 3. The molecule has 0 aromatic heterocycles. The summed E-state index contributed by atoms with van der Waals surface area (Å²) in [7, 11) is 1.41. The molecule has 5 heteroatoms. The number of fused-ring (bicyclic) bond motifs is 5. The van der Waals surface area contributed by atoms with E-state index in [9.17, 15) is 19.2 Å². The van der Waals surface area contributed by atoms with Gasteiger partial charge in [-0.2, -0.15) is 0 Å². The Bertz CT molecular complexity index is 772. The lowest BCUT2D eigenvalue weighted by Gasteiger charge is -2.58. The van der Waals surface area contributed by atoms with Crippen LogP contribution in [0.5, 0.6) is 0 Å². The molecular formula is C25H36O5. The molecule has 166 valence electrons. The fourth-order valence-corrected chi connectivity index (χ4v) is 8.04. The summed E-state index contributed by atoms with van der Waals surface area (Å²) >= 11 is 0. The number of carbonyl (C=O) groups excluding carboxylic acids is 4. The van der Waals surface area contributed by atoms with Gasteiger partial charge in [-0.05, 0) is 60.7 Å². The molecule has 30 heavy (non-hydrogen) atoms. The maximum atomic E-state index is 13.7. The van der Waals surface area contributed by atoms with Gasteiger partial charge in [-0.3, -0.25) is 19.2 Å². The van der Waals surface area contributed by atoms with Gasteiger partial charge in [-0.25, -0.2) is 0 Å². The smallest absolute Gasteiger partial charge is 0.305 e. The molecule has 8 atom stereocenters. The molecule has 4 saturated carbocycles. The van der Waals surface area contributed by atoms with Crippen molar-refractivity contribution in [2.75, 3.05) is 7.11 Å². The van der Waals surface area contributed by atoms with Gasteiger partial charge < -0.3 is 4.74 Å². The van der Waals surface area contributed by atoms with E-state index in [-0.39, 0.29) is 52.7 Å². The minimum absolute atomic E-state index is 0.0417. The van der Waals surface area contributed by atoms with Crippen LogP contribution in [0.1, 0.15) is 78.6 Å². The SMILES string of the molecule is COC(=O)CC[C@@H](C)[C@@H]1CC[C@@H]2[C@H]3C(=O)C[C@H]4CC(=O)CC[C@]4(C)[C@@H]3CC(=O)[C@@]21C. The van der Waals surface area contributed by atoms with Gasteiger partial charge in [0, 0.05) is 43.4 Å². The van der Waals surface area contributed by atoms with Gasteiger partial charge in [-0.15, -0.1) is 0 Å². The first-order valence-corrected chi connectivity index (χ1v) is 11.8. The van der Waals surface area contributed by atoms with E-state index in [1.807, 2.05) is 0 Å². The molecule has 0 heterocycles. The predicted octanol–water partition coefficient (Wildman–Crippen LogP) is 4.16. The standard InChI is InChI=1S/C25H36O5/c1-14(5-8-22(29)30-4)17-6-7-18-23-19(13-21(28)25(17,18)3)24(2)10-9-16(26)11-15(24)12-20(23)27/h14-15,17-19,23H,5-13H2,1-4H3/t14-,15-,17+,18-,19-,23-,24+,25-/m1/s1. The van der Waals surface area contributed by atoms with Crippen LogP contribution in [-0.2, 0) is 23.9 Å². The highest BCUT2D eigenvalue weighted by atomic mass is 16.5. The summed E-state index contributed by atoms with van der Waals surface area (Å²) in [6, 6.07) is 0. The maximum Gasteiger partial charge on any atom is 0.305 e. The quantitative estimate of drug-likeness (QED) is 0.643. The Morgan fingerprint density at radius 1 is 1.10 bits per heavy atom. The minimum Gasteiger partial charge on any atom is -0.469 e. The molecule has 5 nitrogen and oxygen atoms in total. The second kappa shape index (κ2) is 7.56. The van der Waals surface area contributed by atoms with E-state index in [1.165, 1.54) is 7.11 Å². The molecule has 4 aliphatic carbocycles. The van der Waals surface area contributed by atoms with Crippen LogP contribution in [0.4, 0.5) is 0 Å². The van der Waals surface area contributed by atoms with E-state index in [0.717, 1.165) is 25.7 Å². The lowest BCUT2D eigenvalue weighted by Crippen LogP contribution is -2.60. The molecule has 0 aromatic carbocycles. The van der Waals surface area contributed by atoms with E-state index in [1.54, 1.807) is 0 Å². The Morgan fingerprint density at radius 2 is 1.83 bits per heavy atom. The predicted molar refractivity (Wildman–Crippen MR) is 111 cm³/mol. The molecule has 0 unspecified atom stereocenters. The lowest BCUT2D eigenvalue weighted by atomic mass is 9.44. The van der Waals surface area contributed by atoms with E-state index < -0.39 is 5.41 Å². The molecule has 0 aromatic rings. The van der Waals surface area contributed by atoms with Crippen LogP contribution < -0.4 is 0 Å². The molecule has 0 amide bonds. The largest absolute Gasteiger partial charge is 0.469 e. The molecule has 4 rings (SSSR count). The van der Waals surface area contributed by atoms with E-state index in [4.69, 9.17) is 4.74 Å². The van der Waals surface area contributed by atoms with Crippen molar-refractivity contribution in [1.82, 2.24) is 0 Å². The van der Waals surface area contributed by atoms with Crippen molar-refractivity contribution in [2.45, 2.75) is 78.6 Å². The molecule has 0 radical (unpaired) electrons. The number of methoxy groups -OCH3 is 1. The summed E-state index contributed by atoms with van der Waals surface area (Å²) in [5.74, 6) is 1.41. The summed E-state index contributed by atoms with van der Waals surface area (Å²) in [6.07, 6.45) is 5.87. The number of rotatable bonds is 4. The van der Waals surface area contributed by atoms with Crippen molar-refractivity contribution in [3.63, 3.8) is 0 Å². The molecular weight excluding hydrogens is 380 g/mol. The van der Waals surface area contributed by atoms with Crippen molar-refractivity contribution in [3.05, 3.63) is 0 Å². The second-order valence-electron chi connectivity index (χ2n) is 11.0. The Morgan fingerprint density at radius 3 is 2.53 bits per heavy atom. The van der Waals surface area contributed by atoms with Gasteiger partial charge in [-0.1, -0.05) is 20.8 Å². The lowest BCUT2D eigenvalue weighted by molar-refractivity contribution is -0.166. The van der Waals surface area contributed by atoms with Crippen molar-refractivity contribution in [2.24, 2.45) is 46.3 Å². The summed E-state index contributed by atoms with van der Waals surface area (Å²) in [5, 5.41) is 0. The number of Topliss-reactive ketones (excluding diaryl/α,β-unsaturated/α-hetero) is 3. The van der Waals surface area contributed by atoms with E-state index >= 15 is 0 Å². The Labute approximate surface area is 179 Å². The van der Waals surface area contributed by atoms with Crippen LogP contribution >= 0.6 is 0 Å². The molecule has 0 saturated heterocycles. The zero-order chi connectivity index (χ0) is 21.8. The van der Waals surface area contributed by atoms with Gasteiger partial charge in [0.2, 0.25) is 0 Å². The molecule has 0 bridgehead atoms. The number of hydrogen-bond donors (Lipinski definition) is 0. The van der Waals surface area contributed by atoms with Gasteiger partial charge in [0.1, 0.15) is 17.3 Å². The highest BCUT2D eigenvalue weighted by Gasteiger charge is 2.66. The normalized spacial score (nSPS) is 44.1. The zero-order valence-corrected chi connectivity index (χ0v) is 18.9. The Hall–Kier alpha value is -1.52. The van der Waals surface area contributed by atoms with Crippen LogP contribution in [0.3, 0.4) is 0 Å². The summed E-state index contributed by atoms with van der Waals surface area (Å²) < 4.78 is 4.80. The third kappa shape index (κ3) is 3.10. The van der Waals surface area contributed by atoms with Crippen molar-refractivity contribution < 1.29 is 23.9 Å². The molecule has 4 fully saturated rings. The van der Waals surface area contributed by atoms with E-state index in [2.05, 4.69) is 20.8 Å². The monoisotopic (exact) mass is 416 g/mol. The fraction of sp³-hybridized carbons (Fsp3) is 0.840. The highest BCUT2D eigenvalue weighted by Crippen LogP contribution is 2.66. The molecule has 0 aliphatic heterocycles. The fourth-order valence-electron chi connectivity index (χ4n) is 8.04. The van der Waals surface area contributed by atoms with Crippen LogP contribution in [0.15, 0.2) is 0 Å². The Balaban J connectivity index is 1.60. The number of hydrogen-bond acceptors (Lipinski definition) is 5. The van der Waals surface area contributed by atoms with Gasteiger partial charge in [0.15, 0.2) is 0 Å². The first kappa shape index (κ1) is 21.7. The maximum absolute atomic E-state index is 13.7. The average molecular weight is 417 g/mol. The highest BCUT2D eigenvalue weighted by molar-refractivity contribution is 5.93. The second-order valence-corrected chi connectivity index (χ2v) is 11.0.